The van der Waals surface area contributed by atoms with E-state index in [1.165, 1.54) is 0 Å². The first-order valence-electron chi connectivity index (χ1n) is 6.95. The molecule has 1 amide bonds. The van der Waals surface area contributed by atoms with Crippen LogP contribution in [0.25, 0.3) is 0 Å². The van der Waals surface area contributed by atoms with Crippen molar-refractivity contribution in [1.29, 1.82) is 0 Å². The molecule has 1 atom stereocenters. The zero-order valence-electron chi connectivity index (χ0n) is 12.9. The second-order valence-electron chi connectivity index (χ2n) is 5.50. The lowest BCUT2D eigenvalue weighted by Crippen LogP contribution is -2.33. The first-order chi connectivity index (χ1) is 9.38. The predicted octanol–water partition coefficient (Wildman–Crippen LogP) is 3.22. The van der Waals surface area contributed by atoms with Gasteiger partial charge in [-0.1, -0.05) is 19.9 Å². The minimum absolute atomic E-state index is 0.246. The average molecular weight is 276 g/mol. The molecule has 0 radical (unpaired) electrons. The lowest BCUT2D eigenvalue weighted by molar-refractivity contribution is -0.127. The minimum atomic E-state index is -0.576. The maximum Gasteiger partial charge on any atom is 0.280 e. The fourth-order valence-electron chi connectivity index (χ4n) is 1.72. The van der Waals surface area contributed by atoms with Gasteiger partial charge in [-0.15, -0.1) is 0 Å². The summed E-state index contributed by atoms with van der Waals surface area (Å²) in [5.41, 5.74) is 4.72. The molecule has 4 nitrogen and oxygen atoms in total. The van der Waals surface area contributed by atoms with Crippen LogP contribution in [0.15, 0.2) is 23.3 Å². The Morgan fingerprint density at radius 2 is 1.85 bits per heavy atom. The number of hydrazone groups is 1. The normalized spacial score (nSPS) is 12.7. The number of amides is 1. The Balaban J connectivity index is 2.51. The van der Waals surface area contributed by atoms with Crippen LogP contribution in [-0.4, -0.2) is 18.2 Å². The monoisotopic (exact) mass is 276 g/mol. The topological polar surface area (TPSA) is 50.7 Å². The second-order valence-corrected chi connectivity index (χ2v) is 5.50. The number of aryl methyl sites for hydroxylation is 2. The van der Waals surface area contributed by atoms with Crippen molar-refractivity contribution in [3.63, 3.8) is 0 Å². The average Bonchev–Trinajstić information content (AvgIpc) is 2.32. The molecule has 1 aromatic rings. The summed E-state index contributed by atoms with van der Waals surface area (Å²) in [5.74, 6) is 0.986. The van der Waals surface area contributed by atoms with E-state index < -0.39 is 6.10 Å². The first-order valence-corrected chi connectivity index (χ1v) is 6.95. The van der Waals surface area contributed by atoms with Gasteiger partial charge >= 0.3 is 0 Å². The largest absolute Gasteiger partial charge is 0.481 e. The number of nitrogens with zero attached hydrogens (tertiary/aromatic N) is 1. The van der Waals surface area contributed by atoms with Gasteiger partial charge in [0, 0.05) is 6.21 Å². The molecule has 0 fully saturated rings. The molecule has 0 aromatic heterocycles. The van der Waals surface area contributed by atoms with Crippen molar-refractivity contribution in [3.05, 3.63) is 29.3 Å². The number of hydrogen-bond donors (Lipinski definition) is 1. The van der Waals surface area contributed by atoms with E-state index in [-0.39, 0.29) is 5.91 Å². The molecule has 0 aliphatic rings. The van der Waals surface area contributed by atoms with Crippen LogP contribution < -0.4 is 10.2 Å². The van der Waals surface area contributed by atoms with Gasteiger partial charge in [-0.25, -0.2) is 5.43 Å². The molecule has 0 spiro atoms. The molecular weight excluding hydrogens is 252 g/mol. The van der Waals surface area contributed by atoms with Crippen LogP contribution in [0.2, 0.25) is 0 Å². The lowest BCUT2D eigenvalue weighted by atomic mass is 10.1. The summed E-state index contributed by atoms with van der Waals surface area (Å²) in [6.45, 7) is 9.91. The Kier molecular flexibility index (Phi) is 6.22. The summed E-state index contributed by atoms with van der Waals surface area (Å²) in [4.78, 5) is 11.8. The van der Waals surface area contributed by atoms with Crippen molar-refractivity contribution in [2.75, 3.05) is 0 Å². The highest BCUT2D eigenvalue weighted by atomic mass is 16.5. The molecule has 1 N–H and O–H groups in total. The smallest absolute Gasteiger partial charge is 0.280 e. The maximum absolute atomic E-state index is 11.8. The fourth-order valence-corrected chi connectivity index (χ4v) is 1.72. The highest BCUT2D eigenvalue weighted by molar-refractivity contribution is 5.81. The number of carbonyl (C=O) groups is 1. The molecule has 110 valence electrons. The van der Waals surface area contributed by atoms with Gasteiger partial charge in [-0.3, -0.25) is 4.79 Å². The van der Waals surface area contributed by atoms with Gasteiger partial charge in [0.2, 0.25) is 0 Å². The Morgan fingerprint density at radius 1 is 1.25 bits per heavy atom. The zero-order valence-corrected chi connectivity index (χ0v) is 12.9. The van der Waals surface area contributed by atoms with Crippen molar-refractivity contribution < 1.29 is 9.53 Å². The van der Waals surface area contributed by atoms with Crippen LogP contribution in [0.4, 0.5) is 0 Å². The highest BCUT2D eigenvalue weighted by Gasteiger charge is 2.14. The summed E-state index contributed by atoms with van der Waals surface area (Å²) in [7, 11) is 0. The third-order valence-electron chi connectivity index (χ3n) is 2.72. The highest BCUT2D eigenvalue weighted by Crippen LogP contribution is 2.17. The number of hydrogen-bond acceptors (Lipinski definition) is 3. The lowest BCUT2D eigenvalue weighted by Gasteiger charge is -2.14. The summed E-state index contributed by atoms with van der Waals surface area (Å²) < 4.78 is 5.63. The van der Waals surface area contributed by atoms with Crippen LogP contribution >= 0.6 is 0 Å². The van der Waals surface area contributed by atoms with Gasteiger partial charge in [0.05, 0.1) is 0 Å². The molecular formula is C16H24N2O2. The molecule has 0 heterocycles. The second kappa shape index (κ2) is 7.68. The summed E-state index contributed by atoms with van der Waals surface area (Å²) in [6, 6.07) is 5.89. The van der Waals surface area contributed by atoms with E-state index >= 15 is 0 Å². The van der Waals surface area contributed by atoms with E-state index in [4.69, 9.17) is 4.74 Å². The van der Waals surface area contributed by atoms with E-state index in [0.29, 0.717) is 11.7 Å². The van der Waals surface area contributed by atoms with Crippen molar-refractivity contribution in [2.24, 2.45) is 11.0 Å². The molecule has 0 aliphatic carbocycles. The van der Waals surface area contributed by atoms with E-state index in [9.17, 15) is 4.79 Å². The molecule has 4 heteroatoms. The quantitative estimate of drug-likeness (QED) is 0.640. The van der Waals surface area contributed by atoms with Crippen LogP contribution in [-0.2, 0) is 4.79 Å². The van der Waals surface area contributed by atoms with Crippen LogP contribution in [0.3, 0.4) is 0 Å². The number of nitrogens with one attached hydrogen (secondary N) is 1. The SMILES string of the molecule is Cc1cc(C)cc(OC(C)C(=O)NN=CCC(C)C)c1. The molecule has 1 unspecified atom stereocenters. The molecule has 1 rings (SSSR count). The van der Waals surface area contributed by atoms with Gasteiger partial charge in [0.25, 0.3) is 5.91 Å². The van der Waals surface area contributed by atoms with Crippen molar-refractivity contribution in [2.45, 2.75) is 47.1 Å². The number of benzene rings is 1. The Bertz CT molecular complexity index is 461. The van der Waals surface area contributed by atoms with Gasteiger partial charge < -0.3 is 4.74 Å². The number of ether oxygens (including phenoxy) is 1. The molecule has 0 bridgehead atoms. The third kappa shape index (κ3) is 5.87. The Labute approximate surface area is 121 Å². The number of rotatable bonds is 6. The van der Waals surface area contributed by atoms with Gasteiger partial charge in [-0.2, -0.15) is 5.10 Å². The minimum Gasteiger partial charge on any atom is -0.481 e. The van der Waals surface area contributed by atoms with Crippen LogP contribution in [0, 0.1) is 19.8 Å². The standard InChI is InChI=1S/C16H24N2O2/c1-11(2)6-7-17-18-16(19)14(5)20-15-9-12(3)8-13(4)10-15/h7-11,14H,6H2,1-5H3,(H,18,19). The summed E-state index contributed by atoms with van der Waals surface area (Å²) in [5, 5.41) is 3.90. The molecule has 0 aliphatic heterocycles. The van der Waals surface area contributed by atoms with E-state index in [1.54, 1.807) is 13.1 Å². The molecule has 0 saturated heterocycles. The van der Waals surface area contributed by atoms with Crippen molar-refractivity contribution in [1.82, 2.24) is 5.43 Å². The molecule has 0 saturated carbocycles. The molecule has 20 heavy (non-hydrogen) atoms. The van der Waals surface area contributed by atoms with E-state index in [0.717, 1.165) is 17.5 Å². The zero-order chi connectivity index (χ0) is 15.1. The fraction of sp³-hybridized carbons (Fsp3) is 0.500. The Morgan fingerprint density at radius 3 is 2.40 bits per heavy atom. The Hall–Kier alpha value is -1.84. The number of carbonyl (C=O) groups excluding carboxylic acids is 1. The van der Waals surface area contributed by atoms with Gasteiger partial charge in [0.1, 0.15) is 5.75 Å². The van der Waals surface area contributed by atoms with Crippen LogP contribution in [0.5, 0.6) is 5.75 Å². The maximum atomic E-state index is 11.8. The summed E-state index contributed by atoms with van der Waals surface area (Å²) in [6.07, 6.45) is 1.98. The van der Waals surface area contributed by atoms with Crippen molar-refractivity contribution >= 4 is 12.1 Å². The van der Waals surface area contributed by atoms with Crippen molar-refractivity contribution in [3.8, 4) is 5.75 Å². The molecule has 1 aromatic carbocycles. The third-order valence-corrected chi connectivity index (χ3v) is 2.72. The summed E-state index contributed by atoms with van der Waals surface area (Å²) >= 11 is 0. The predicted molar refractivity (Wildman–Crippen MR) is 82.1 cm³/mol. The van der Waals surface area contributed by atoms with Gasteiger partial charge in [0.15, 0.2) is 6.10 Å². The van der Waals surface area contributed by atoms with E-state index in [1.807, 2.05) is 26.0 Å². The van der Waals surface area contributed by atoms with Gasteiger partial charge in [-0.05, 0) is 56.4 Å². The van der Waals surface area contributed by atoms with Crippen LogP contribution in [0.1, 0.15) is 38.3 Å². The first kappa shape index (κ1) is 16.2. The van der Waals surface area contributed by atoms with E-state index in [2.05, 4.69) is 30.4 Å².